The summed E-state index contributed by atoms with van der Waals surface area (Å²) in [6.45, 7) is 7.92. The van der Waals surface area contributed by atoms with Crippen molar-refractivity contribution in [3.8, 4) is 5.75 Å². The van der Waals surface area contributed by atoms with E-state index in [0.29, 0.717) is 19.4 Å². The average Bonchev–Trinajstić information content (AvgIpc) is 3.38. The Morgan fingerprint density at radius 3 is 2.51 bits per heavy atom. The summed E-state index contributed by atoms with van der Waals surface area (Å²) >= 11 is 0. The number of likely N-dealkylation sites (tertiary alicyclic amines) is 1. The van der Waals surface area contributed by atoms with E-state index in [2.05, 4.69) is 12.2 Å². The zero-order chi connectivity index (χ0) is 28.4. The van der Waals surface area contributed by atoms with Crippen molar-refractivity contribution < 1.29 is 29.0 Å². The van der Waals surface area contributed by atoms with Gasteiger partial charge < -0.3 is 24.8 Å². The molecule has 0 saturated carbocycles. The molecular weight excluding hydrogens is 496 g/mol. The Kier molecular flexibility index (Phi) is 10.8. The summed E-state index contributed by atoms with van der Waals surface area (Å²) in [4.78, 5) is 41.0. The highest BCUT2D eigenvalue weighted by molar-refractivity contribution is 5.90. The van der Waals surface area contributed by atoms with Crippen LogP contribution in [0.25, 0.3) is 0 Å². The normalized spacial score (nSPS) is 16.0. The van der Waals surface area contributed by atoms with Crippen molar-refractivity contribution in [3.05, 3.63) is 65.2 Å². The Labute approximate surface area is 231 Å². The molecule has 2 aromatic rings. The lowest BCUT2D eigenvalue weighted by Gasteiger charge is -2.29. The fourth-order valence-corrected chi connectivity index (χ4v) is 4.72. The van der Waals surface area contributed by atoms with Gasteiger partial charge in [-0.2, -0.15) is 0 Å². The molecule has 212 valence electrons. The average molecular weight is 539 g/mol. The van der Waals surface area contributed by atoms with Gasteiger partial charge in [0.2, 0.25) is 5.91 Å². The first-order chi connectivity index (χ1) is 18.6. The summed E-state index contributed by atoms with van der Waals surface area (Å²) < 4.78 is 11.0. The highest BCUT2D eigenvalue weighted by Gasteiger charge is 2.39. The Hall–Kier alpha value is -3.55. The van der Waals surface area contributed by atoms with Crippen LogP contribution in [0.5, 0.6) is 5.75 Å². The van der Waals surface area contributed by atoms with E-state index in [1.807, 2.05) is 36.4 Å². The maximum Gasteiger partial charge on any atom is 0.408 e. The highest BCUT2D eigenvalue weighted by Crippen LogP contribution is 2.24. The number of rotatable bonds is 11. The van der Waals surface area contributed by atoms with Crippen molar-refractivity contribution >= 4 is 18.0 Å². The molecule has 1 aliphatic heterocycles. The third-order valence-electron chi connectivity index (χ3n) is 6.65. The molecule has 2 N–H and O–H groups in total. The number of aromatic hydroxyl groups is 1. The SMILES string of the molecule is CCCCCc1cc(CC(NC(=O)OC(C)(C)C)C(=O)N2CCCC2C(=O)OCc2ccccc2)ccc1O. The molecule has 0 radical (unpaired) electrons. The van der Waals surface area contributed by atoms with E-state index in [4.69, 9.17) is 9.47 Å². The van der Waals surface area contributed by atoms with Crippen molar-refractivity contribution in [2.45, 2.75) is 96.9 Å². The third kappa shape index (κ3) is 9.30. The first-order valence-corrected chi connectivity index (χ1v) is 13.9. The molecule has 0 bridgehead atoms. The van der Waals surface area contributed by atoms with Crippen LogP contribution in [-0.2, 0) is 38.5 Å². The second kappa shape index (κ2) is 14.0. The molecule has 2 aromatic carbocycles. The van der Waals surface area contributed by atoms with Crippen molar-refractivity contribution in [2.75, 3.05) is 6.54 Å². The number of carbonyl (C=O) groups excluding carboxylic acids is 3. The number of phenols is 1. The highest BCUT2D eigenvalue weighted by atomic mass is 16.6. The lowest BCUT2D eigenvalue weighted by Crippen LogP contribution is -2.53. The summed E-state index contributed by atoms with van der Waals surface area (Å²) in [6.07, 6.45) is 4.46. The maximum atomic E-state index is 13.8. The molecule has 1 heterocycles. The number of nitrogens with one attached hydrogen (secondary N) is 1. The zero-order valence-electron chi connectivity index (χ0n) is 23.6. The number of hydrogen-bond donors (Lipinski definition) is 2. The van der Waals surface area contributed by atoms with Crippen LogP contribution in [0.15, 0.2) is 48.5 Å². The Bertz CT molecular complexity index is 1110. The number of alkyl carbamates (subject to hydrolysis) is 1. The molecule has 1 saturated heterocycles. The van der Waals surface area contributed by atoms with Gasteiger partial charge in [0.15, 0.2) is 0 Å². The molecule has 2 atom stereocenters. The Morgan fingerprint density at radius 1 is 1.08 bits per heavy atom. The predicted molar refractivity (Wildman–Crippen MR) is 149 cm³/mol. The van der Waals surface area contributed by atoms with Gasteiger partial charge in [-0.1, -0.05) is 62.2 Å². The lowest BCUT2D eigenvalue weighted by molar-refractivity contribution is -0.155. The standard InChI is InChI=1S/C31H42N2O6/c1-5-6-8-14-24-19-23(16-17-27(24)34)20-25(32-30(37)39-31(2,3)4)28(35)33-18-11-15-26(33)29(36)38-21-22-12-9-7-10-13-22/h7,9-10,12-13,16-17,19,25-26,34H,5-6,8,11,14-15,18,20-21H2,1-4H3,(H,32,37). The van der Waals surface area contributed by atoms with Crippen molar-refractivity contribution in [1.29, 1.82) is 0 Å². The third-order valence-corrected chi connectivity index (χ3v) is 6.65. The number of phenolic OH excluding ortho intramolecular Hbond substituents is 1. The second-order valence-electron chi connectivity index (χ2n) is 11.1. The number of unbranched alkanes of at least 4 members (excludes halogenated alkanes) is 2. The van der Waals surface area contributed by atoms with Crippen LogP contribution in [-0.4, -0.2) is 52.2 Å². The lowest BCUT2D eigenvalue weighted by atomic mass is 9.99. The Balaban J connectivity index is 1.77. The maximum absolute atomic E-state index is 13.8. The van der Waals surface area contributed by atoms with E-state index in [0.717, 1.165) is 42.4 Å². The first kappa shape index (κ1) is 30.0. The van der Waals surface area contributed by atoms with Gasteiger partial charge in [-0.25, -0.2) is 9.59 Å². The van der Waals surface area contributed by atoms with Crippen LogP contribution in [0, 0.1) is 0 Å². The molecule has 3 rings (SSSR count). The largest absolute Gasteiger partial charge is 0.508 e. The number of nitrogens with zero attached hydrogens (tertiary/aromatic N) is 1. The molecule has 0 aliphatic carbocycles. The van der Waals surface area contributed by atoms with Gasteiger partial charge in [0.05, 0.1) is 0 Å². The number of carbonyl (C=O) groups is 3. The minimum Gasteiger partial charge on any atom is -0.508 e. The Morgan fingerprint density at radius 2 is 1.82 bits per heavy atom. The number of benzene rings is 2. The molecule has 39 heavy (non-hydrogen) atoms. The molecule has 2 amide bonds. The van der Waals surface area contributed by atoms with Crippen LogP contribution >= 0.6 is 0 Å². The summed E-state index contributed by atoms with van der Waals surface area (Å²) in [7, 11) is 0. The molecule has 0 spiro atoms. The summed E-state index contributed by atoms with van der Waals surface area (Å²) in [5, 5.41) is 13.1. The minimum atomic E-state index is -0.949. The monoisotopic (exact) mass is 538 g/mol. The second-order valence-corrected chi connectivity index (χ2v) is 11.1. The van der Waals surface area contributed by atoms with Crippen molar-refractivity contribution in [3.63, 3.8) is 0 Å². The number of aryl methyl sites for hydroxylation is 1. The predicted octanol–water partition coefficient (Wildman–Crippen LogP) is 5.30. The summed E-state index contributed by atoms with van der Waals surface area (Å²) in [5.41, 5.74) is 1.75. The van der Waals surface area contributed by atoms with E-state index in [9.17, 15) is 19.5 Å². The van der Waals surface area contributed by atoms with Crippen LogP contribution in [0.2, 0.25) is 0 Å². The van der Waals surface area contributed by atoms with Gasteiger partial charge in [-0.05, 0) is 69.2 Å². The summed E-state index contributed by atoms with van der Waals surface area (Å²) in [6, 6.07) is 13.0. The summed E-state index contributed by atoms with van der Waals surface area (Å²) in [5.74, 6) is -0.595. The number of esters is 1. The van der Waals surface area contributed by atoms with Crippen molar-refractivity contribution in [2.24, 2.45) is 0 Å². The van der Waals surface area contributed by atoms with Crippen molar-refractivity contribution in [1.82, 2.24) is 10.2 Å². The van der Waals surface area contributed by atoms with E-state index >= 15 is 0 Å². The van der Waals surface area contributed by atoms with Crippen LogP contribution < -0.4 is 5.32 Å². The first-order valence-electron chi connectivity index (χ1n) is 13.9. The number of ether oxygens (including phenoxy) is 2. The minimum absolute atomic E-state index is 0.131. The zero-order valence-corrected chi connectivity index (χ0v) is 23.6. The molecular formula is C31H42N2O6. The van der Waals surface area contributed by atoms with Gasteiger partial charge in [0, 0.05) is 13.0 Å². The number of hydrogen-bond acceptors (Lipinski definition) is 6. The number of amides is 2. The quantitative estimate of drug-likeness (QED) is 0.297. The molecule has 8 nitrogen and oxygen atoms in total. The fourth-order valence-electron chi connectivity index (χ4n) is 4.72. The van der Waals surface area contributed by atoms with Gasteiger partial charge in [-0.3, -0.25) is 4.79 Å². The smallest absolute Gasteiger partial charge is 0.408 e. The molecule has 2 unspecified atom stereocenters. The molecule has 1 fully saturated rings. The van der Waals surface area contributed by atoms with Gasteiger partial charge >= 0.3 is 12.1 Å². The molecule has 8 heteroatoms. The van der Waals surface area contributed by atoms with Gasteiger partial charge in [0.25, 0.3) is 0 Å². The topological polar surface area (TPSA) is 105 Å². The van der Waals surface area contributed by atoms with Gasteiger partial charge in [-0.15, -0.1) is 0 Å². The van der Waals surface area contributed by atoms with E-state index < -0.39 is 29.7 Å². The molecule has 0 aromatic heterocycles. The van der Waals surface area contributed by atoms with Crippen LogP contribution in [0.4, 0.5) is 4.79 Å². The molecule has 1 aliphatic rings. The van der Waals surface area contributed by atoms with E-state index in [1.165, 1.54) is 4.90 Å². The van der Waals surface area contributed by atoms with Crippen LogP contribution in [0.3, 0.4) is 0 Å². The fraction of sp³-hybridized carbons (Fsp3) is 0.516. The van der Waals surface area contributed by atoms with E-state index in [1.54, 1.807) is 32.9 Å². The van der Waals surface area contributed by atoms with Gasteiger partial charge in [0.1, 0.15) is 30.0 Å². The van der Waals surface area contributed by atoms with Crippen LogP contribution in [0.1, 0.15) is 76.5 Å². The van der Waals surface area contributed by atoms with E-state index in [-0.39, 0.29) is 24.7 Å².